The molecule has 18 heteroatoms. The van der Waals surface area contributed by atoms with Crippen LogP contribution >= 0.6 is 34.3 Å². The molecule has 6 rings (SSSR count). The number of nitrogens with two attached hydrogens (primary N) is 1. The summed E-state index contributed by atoms with van der Waals surface area (Å²) in [6, 6.07) is 4.82. The van der Waals surface area contributed by atoms with Gasteiger partial charge in [0.25, 0.3) is 0 Å². The van der Waals surface area contributed by atoms with Gasteiger partial charge in [0.15, 0.2) is 0 Å². The van der Waals surface area contributed by atoms with Gasteiger partial charge in [-0.15, -0.1) is 21.5 Å². The molecule has 0 saturated carbocycles. The van der Waals surface area contributed by atoms with Crippen molar-refractivity contribution in [3.63, 3.8) is 0 Å². The van der Waals surface area contributed by atoms with Crippen molar-refractivity contribution in [2.45, 2.75) is 58.2 Å². The van der Waals surface area contributed by atoms with Crippen LogP contribution in [0.3, 0.4) is 0 Å². The maximum absolute atomic E-state index is 15.3. The lowest BCUT2D eigenvalue weighted by molar-refractivity contribution is 0.0636. The van der Waals surface area contributed by atoms with Gasteiger partial charge in [-0.2, -0.15) is 5.26 Å². The first-order valence-electron chi connectivity index (χ1n) is 14.0. The van der Waals surface area contributed by atoms with Crippen LogP contribution in [0.2, 0.25) is 5.02 Å². The fourth-order valence-electron chi connectivity index (χ4n) is 5.16. The second-order valence-corrected chi connectivity index (χ2v) is 16.0. The third-order valence-electron chi connectivity index (χ3n) is 7.11. The zero-order valence-corrected chi connectivity index (χ0v) is 28.5. The number of sulfone groups is 1. The number of amides is 1. The molecule has 0 atom stereocenters. The number of nitrogens with zero attached hydrogens (tertiary/aromatic N) is 5. The number of anilines is 3. The van der Waals surface area contributed by atoms with E-state index in [0.29, 0.717) is 32.6 Å². The number of ether oxygens (including phenoxy) is 2. The molecule has 0 fully saturated rings. The van der Waals surface area contributed by atoms with E-state index in [1.54, 1.807) is 20.8 Å². The summed E-state index contributed by atoms with van der Waals surface area (Å²) in [6.07, 6.45) is -0.807. The summed E-state index contributed by atoms with van der Waals surface area (Å²) < 4.78 is 52.8. The Kier molecular flexibility index (Phi) is 8.43. The minimum absolute atomic E-state index is 0.00446. The largest absolute Gasteiger partial charge is 0.444 e. The summed E-state index contributed by atoms with van der Waals surface area (Å²) in [7, 11) is -3.91. The van der Waals surface area contributed by atoms with Crippen LogP contribution in [0.25, 0.3) is 32.1 Å². The number of carbonyl (C=O) groups is 1. The molecule has 1 aliphatic rings. The minimum Gasteiger partial charge on any atom is -0.444 e. The molecule has 47 heavy (non-hydrogen) atoms. The summed E-state index contributed by atoms with van der Waals surface area (Å²) in [6.45, 7) is 6.91. The number of hydrogen-bond acceptors (Lipinski definition) is 14. The van der Waals surface area contributed by atoms with E-state index in [0.717, 1.165) is 22.7 Å². The normalized spacial score (nSPS) is 13.1. The van der Waals surface area contributed by atoms with Crippen LogP contribution in [0.1, 0.15) is 49.4 Å². The fourth-order valence-corrected chi connectivity index (χ4v) is 7.85. The Balaban J connectivity index is 1.61. The van der Waals surface area contributed by atoms with Gasteiger partial charge in [0.2, 0.25) is 20.1 Å². The van der Waals surface area contributed by atoms with E-state index in [9.17, 15) is 18.5 Å². The standard InChI is InChI=1S/C29H26ClFN8O5S3/c1-5-47(41,42)27-35-22-20(24(36-27)34-9-17-38-39-26(33)45-17)15-11-43-10-14(15)18(21(22)30)12-6-7-16(31)23-19(12)13(8-32)25(46-23)37-28(40)44-29(2,3)4/h6-7H,5,9-11H2,1-4H3,(H2,33,39)(H,37,40)(H,34,35,36). The lowest BCUT2D eigenvalue weighted by atomic mass is 9.91. The second kappa shape index (κ2) is 12.1. The highest BCUT2D eigenvalue weighted by Gasteiger charge is 2.32. The fraction of sp³-hybridized carbons (Fsp3) is 0.310. The average Bonchev–Trinajstić information content (AvgIpc) is 3.74. The number of fused-ring (bicyclic) bond motifs is 4. The zero-order valence-electron chi connectivity index (χ0n) is 25.3. The summed E-state index contributed by atoms with van der Waals surface area (Å²) in [5, 5.41) is 25.0. The number of carbonyl (C=O) groups excluding carboxylic acids is 1. The second-order valence-electron chi connectivity index (χ2n) is 11.4. The SMILES string of the molecule is CCS(=O)(=O)c1nc(NCc2nnc(N)s2)c2c3c(c(-c4ccc(F)c5sc(NC(=O)OC(C)(C)C)c(C#N)c45)c(Cl)c2n1)COC3. The van der Waals surface area contributed by atoms with Crippen LogP contribution in [0, 0.1) is 17.1 Å². The van der Waals surface area contributed by atoms with Crippen LogP contribution in [0.15, 0.2) is 17.3 Å². The molecule has 0 bridgehead atoms. The number of nitrogens with one attached hydrogen (secondary N) is 2. The van der Waals surface area contributed by atoms with Crippen molar-refractivity contribution in [3.8, 4) is 17.2 Å². The highest BCUT2D eigenvalue weighted by molar-refractivity contribution is 7.91. The van der Waals surface area contributed by atoms with Gasteiger partial charge in [-0.1, -0.05) is 35.9 Å². The highest BCUT2D eigenvalue weighted by atomic mass is 35.5. The van der Waals surface area contributed by atoms with Gasteiger partial charge in [-0.3, -0.25) is 5.32 Å². The van der Waals surface area contributed by atoms with Crippen LogP contribution in [0.4, 0.5) is 25.1 Å². The number of nitriles is 1. The molecule has 13 nitrogen and oxygen atoms in total. The predicted molar refractivity (Wildman–Crippen MR) is 178 cm³/mol. The molecule has 5 aromatic rings. The molecule has 4 heterocycles. The maximum atomic E-state index is 15.3. The topological polar surface area (TPSA) is 195 Å². The molecule has 244 valence electrons. The number of aromatic nitrogens is 4. The van der Waals surface area contributed by atoms with Crippen molar-refractivity contribution in [1.82, 2.24) is 20.2 Å². The van der Waals surface area contributed by atoms with E-state index in [1.165, 1.54) is 19.1 Å². The molecular weight excluding hydrogens is 691 g/mol. The Hall–Kier alpha value is -4.21. The molecule has 1 amide bonds. The smallest absolute Gasteiger partial charge is 0.412 e. The van der Waals surface area contributed by atoms with Crippen LogP contribution in [-0.2, 0) is 39.1 Å². The van der Waals surface area contributed by atoms with Gasteiger partial charge >= 0.3 is 6.09 Å². The number of hydrogen-bond donors (Lipinski definition) is 3. The molecule has 1 aliphatic heterocycles. The number of halogens is 2. The van der Waals surface area contributed by atoms with E-state index in [-0.39, 0.29) is 67.7 Å². The van der Waals surface area contributed by atoms with Gasteiger partial charge in [0.1, 0.15) is 33.3 Å². The molecule has 0 unspecified atom stereocenters. The average molecular weight is 717 g/mol. The van der Waals surface area contributed by atoms with Crippen molar-refractivity contribution < 1.29 is 27.1 Å². The van der Waals surface area contributed by atoms with Crippen molar-refractivity contribution in [2.24, 2.45) is 0 Å². The molecular formula is C29H26ClFN8O5S3. The number of rotatable bonds is 7. The number of thiophene rings is 1. The minimum atomic E-state index is -3.91. The predicted octanol–water partition coefficient (Wildman–Crippen LogP) is 6.39. The lowest BCUT2D eigenvalue weighted by Crippen LogP contribution is -2.27. The number of benzene rings is 2. The van der Waals surface area contributed by atoms with Crippen LogP contribution in [-0.4, -0.2) is 46.0 Å². The third kappa shape index (κ3) is 6.03. The molecule has 0 spiro atoms. The number of nitrogen functional groups attached to an aromatic ring is 1. The van der Waals surface area contributed by atoms with Gasteiger partial charge in [-0.25, -0.2) is 27.6 Å². The van der Waals surface area contributed by atoms with Gasteiger partial charge < -0.3 is 20.5 Å². The van der Waals surface area contributed by atoms with Gasteiger partial charge in [-0.05, 0) is 43.5 Å². The monoisotopic (exact) mass is 716 g/mol. The van der Waals surface area contributed by atoms with Crippen molar-refractivity contribution in [3.05, 3.63) is 44.7 Å². The third-order valence-corrected chi connectivity index (χ3v) is 10.8. The van der Waals surface area contributed by atoms with Gasteiger partial charge in [0.05, 0.1) is 51.7 Å². The maximum Gasteiger partial charge on any atom is 0.412 e. The Morgan fingerprint density at radius 1 is 1.19 bits per heavy atom. The van der Waals surface area contributed by atoms with E-state index in [2.05, 4.69) is 36.9 Å². The van der Waals surface area contributed by atoms with E-state index in [1.807, 2.05) is 0 Å². The zero-order chi connectivity index (χ0) is 33.8. The summed E-state index contributed by atoms with van der Waals surface area (Å²) in [4.78, 5) is 21.5. The quantitative estimate of drug-likeness (QED) is 0.157. The van der Waals surface area contributed by atoms with Crippen LogP contribution in [0.5, 0.6) is 0 Å². The van der Waals surface area contributed by atoms with Crippen LogP contribution < -0.4 is 16.4 Å². The first kappa shape index (κ1) is 32.7. The van der Waals surface area contributed by atoms with Crippen molar-refractivity contribution in [1.29, 1.82) is 5.26 Å². The molecule has 3 aromatic heterocycles. The first-order chi connectivity index (χ1) is 22.2. The van der Waals surface area contributed by atoms with Gasteiger partial charge in [0, 0.05) is 10.9 Å². The summed E-state index contributed by atoms with van der Waals surface area (Å²) in [5.41, 5.74) is 7.06. The Morgan fingerprint density at radius 3 is 2.60 bits per heavy atom. The molecule has 2 aromatic carbocycles. The molecule has 4 N–H and O–H groups in total. The first-order valence-corrected chi connectivity index (χ1v) is 17.7. The Bertz CT molecular complexity index is 2260. The molecule has 0 saturated heterocycles. The van der Waals surface area contributed by atoms with E-state index in [4.69, 9.17) is 26.8 Å². The van der Waals surface area contributed by atoms with E-state index >= 15 is 4.39 Å². The summed E-state index contributed by atoms with van der Waals surface area (Å²) >= 11 is 9.19. The van der Waals surface area contributed by atoms with Crippen molar-refractivity contribution in [2.75, 3.05) is 22.1 Å². The Labute approximate surface area is 280 Å². The van der Waals surface area contributed by atoms with Crippen molar-refractivity contribution >= 4 is 87.1 Å². The lowest BCUT2D eigenvalue weighted by Gasteiger charge is -2.19. The Morgan fingerprint density at radius 2 is 1.94 bits per heavy atom. The summed E-state index contributed by atoms with van der Waals surface area (Å²) in [5.74, 6) is -0.697. The molecule has 0 aliphatic carbocycles. The molecule has 0 radical (unpaired) electrons. The highest BCUT2D eigenvalue weighted by Crippen LogP contribution is 2.49. The van der Waals surface area contributed by atoms with E-state index < -0.39 is 32.5 Å².